The number of rotatable bonds is 6. The van der Waals surface area contributed by atoms with Gasteiger partial charge in [-0.15, -0.1) is 0 Å². The van der Waals surface area contributed by atoms with E-state index in [4.69, 9.17) is 5.73 Å². The molecule has 1 rings (SSSR count). The Morgan fingerprint density at radius 2 is 2.29 bits per heavy atom. The van der Waals surface area contributed by atoms with Gasteiger partial charge in [0.25, 0.3) is 0 Å². The van der Waals surface area contributed by atoms with E-state index in [0.29, 0.717) is 13.1 Å². The molecule has 0 aliphatic carbocycles. The van der Waals surface area contributed by atoms with Crippen molar-refractivity contribution in [2.24, 2.45) is 5.73 Å². The maximum absolute atomic E-state index is 11.1. The van der Waals surface area contributed by atoms with Gasteiger partial charge >= 0.3 is 0 Å². The molecule has 14 heavy (non-hydrogen) atoms. The lowest BCUT2D eigenvalue weighted by molar-refractivity contribution is 0.572. The third-order valence-corrected chi connectivity index (χ3v) is 3.05. The summed E-state index contributed by atoms with van der Waals surface area (Å²) in [5.74, 6) is -0.0308. The number of hydrogen-bond donors (Lipinski definition) is 2. The highest BCUT2D eigenvalue weighted by Gasteiger charge is 2.06. The molecule has 0 saturated heterocycles. The summed E-state index contributed by atoms with van der Waals surface area (Å²) < 4.78 is 26.5. The fraction of sp³-hybridized carbons (Fsp3) is 0.571. The average molecular weight is 218 g/mol. The number of nitrogens with one attached hydrogen (secondary N) is 1. The van der Waals surface area contributed by atoms with Crippen LogP contribution in [0.25, 0.3) is 0 Å². The maximum Gasteiger partial charge on any atom is 0.212 e. The lowest BCUT2D eigenvalue weighted by atomic mass is 10.6. The summed E-state index contributed by atoms with van der Waals surface area (Å²) in [4.78, 5) is 3.84. The smallest absolute Gasteiger partial charge is 0.212 e. The first-order valence-corrected chi connectivity index (χ1v) is 5.92. The van der Waals surface area contributed by atoms with Gasteiger partial charge in [-0.1, -0.05) is 0 Å². The highest BCUT2D eigenvalue weighted by Crippen LogP contribution is 1.86. The SMILES string of the molecule is NCCS(=O)(=O)NCCn1ccnc1. The largest absolute Gasteiger partial charge is 0.336 e. The molecule has 1 aromatic rings. The minimum Gasteiger partial charge on any atom is -0.336 e. The van der Waals surface area contributed by atoms with E-state index < -0.39 is 10.0 Å². The van der Waals surface area contributed by atoms with Crippen molar-refractivity contribution in [3.63, 3.8) is 0 Å². The Morgan fingerprint density at radius 3 is 2.86 bits per heavy atom. The molecule has 0 radical (unpaired) electrons. The molecule has 1 heterocycles. The Hall–Kier alpha value is -0.920. The molecule has 1 aromatic heterocycles. The molecule has 0 aromatic carbocycles. The highest BCUT2D eigenvalue weighted by molar-refractivity contribution is 7.89. The Morgan fingerprint density at radius 1 is 1.50 bits per heavy atom. The van der Waals surface area contributed by atoms with Crippen molar-refractivity contribution in [2.45, 2.75) is 6.54 Å². The van der Waals surface area contributed by atoms with E-state index in [1.807, 2.05) is 0 Å². The first-order chi connectivity index (χ1) is 6.64. The second-order valence-electron chi connectivity index (χ2n) is 2.80. The summed E-state index contributed by atoms with van der Waals surface area (Å²) in [6.45, 7) is 1.07. The van der Waals surface area contributed by atoms with E-state index in [9.17, 15) is 8.42 Å². The normalized spacial score (nSPS) is 11.8. The number of hydrogen-bond acceptors (Lipinski definition) is 4. The molecule has 0 saturated carbocycles. The number of sulfonamides is 1. The molecule has 0 fully saturated rings. The van der Waals surface area contributed by atoms with Gasteiger partial charge in [-0.2, -0.15) is 0 Å². The molecule has 0 unspecified atom stereocenters. The van der Waals surface area contributed by atoms with Crippen LogP contribution < -0.4 is 10.5 Å². The minimum absolute atomic E-state index is 0.0308. The van der Waals surface area contributed by atoms with Gasteiger partial charge in [-0.25, -0.2) is 18.1 Å². The van der Waals surface area contributed by atoms with Crippen molar-refractivity contribution in [3.8, 4) is 0 Å². The van der Waals surface area contributed by atoms with Crippen molar-refractivity contribution in [1.82, 2.24) is 14.3 Å². The van der Waals surface area contributed by atoms with Crippen LogP contribution in [0.4, 0.5) is 0 Å². The third kappa shape index (κ3) is 3.86. The fourth-order valence-corrected chi connectivity index (χ4v) is 1.83. The van der Waals surface area contributed by atoms with Gasteiger partial charge in [-0.3, -0.25) is 0 Å². The van der Waals surface area contributed by atoms with Crippen LogP contribution in [0.1, 0.15) is 0 Å². The predicted octanol–water partition coefficient (Wildman–Crippen LogP) is -1.24. The van der Waals surface area contributed by atoms with E-state index in [-0.39, 0.29) is 12.3 Å². The minimum atomic E-state index is -3.19. The molecule has 0 atom stereocenters. The number of imidazole rings is 1. The zero-order valence-electron chi connectivity index (χ0n) is 7.76. The highest BCUT2D eigenvalue weighted by atomic mass is 32.2. The second-order valence-corrected chi connectivity index (χ2v) is 4.73. The average Bonchev–Trinajstić information content (AvgIpc) is 2.56. The summed E-state index contributed by atoms with van der Waals surface area (Å²) in [7, 11) is -3.19. The maximum atomic E-state index is 11.1. The third-order valence-electron chi connectivity index (χ3n) is 1.64. The molecule has 7 heteroatoms. The van der Waals surface area contributed by atoms with Crippen LogP contribution in [0.2, 0.25) is 0 Å². The molecular formula is C7H14N4O2S. The summed E-state index contributed by atoms with van der Waals surface area (Å²) in [5.41, 5.74) is 5.15. The predicted molar refractivity (Wildman–Crippen MR) is 53.1 cm³/mol. The van der Waals surface area contributed by atoms with Crippen molar-refractivity contribution in [3.05, 3.63) is 18.7 Å². The lowest BCUT2D eigenvalue weighted by Crippen LogP contribution is -2.32. The Labute approximate surface area is 83.2 Å². The van der Waals surface area contributed by atoms with Gasteiger partial charge in [-0.05, 0) is 0 Å². The van der Waals surface area contributed by atoms with E-state index in [1.54, 1.807) is 23.3 Å². The molecule has 0 aliphatic heterocycles. The van der Waals surface area contributed by atoms with Gasteiger partial charge in [0.15, 0.2) is 0 Å². The Balaban J connectivity index is 2.28. The molecule has 0 amide bonds. The van der Waals surface area contributed by atoms with Gasteiger partial charge in [0, 0.05) is 32.0 Å². The van der Waals surface area contributed by atoms with Crippen LogP contribution >= 0.6 is 0 Å². The van der Waals surface area contributed by atoms with E-state index >= 15 is 0 Å². The quantitative estimate of drug-likeness (QED) is 0.625. The number of aromatic nitrogens is 2. The first kappa shape index (κ1) is 11.2. The van der Waals surface area contributed by atoms with Crippen LogP contribution in [0.5, 0.6) is 0 Å². The topological polar surface area (TPSA) is 90.0 Å². The number of nitrogens with two attached hydrogens (primary N) is 1. The second kappa shape index (κ2) is 5.08. The van der Waals surface area contributed by atoms with E-state index in [2.05, 4.69) is 9.71 Å². The molecule has 3 N–H and O–H groups in total. The standard InChI is InChI=1S/C7H14N4O2S/c8-1-6-14(12,13)10-3-5-11-4-2-9-7-11/h2,4,7,10H,1,3,5-6,8H2. The Bertz CT molecular complexity index is 346. The van der Waals surface area contributed by atoms with Gasteiger partial charge in [0.05, 0.1) is 12.1 Å². The van der Waals surface area contributed by atoms with Crippen LogP contribution in [0.3, 0.4) is 0 Å². The Kier molecular flexibility index (Phi) is 4.05. The van der Waals surface area contributed by atoms with Crippen molar-refractivity contribution < 1.29 is 8.42 Å². The van der Waals surface area contributed by atoms with Crippen LogP contribution in [0.15, 0.2) is 18.7 Å². The van der Waals surface area contributed by atoms with Crippen LogP contribution in [0, 0.1) is 0 Å². The van der Waals surface area contributed by atoms with E-state index in [0.717, 1.165) is 0 Å². The van der Waals surface area contributed by atoms with Gasteiger partial charge in [0.2, 0.25) is 10.0 Å². The van der Waals surface area contributed by atoms with Crippen LogP contribution in [-0.2, 0) is 16.6 Å². The first-order valence-electron chi connectivity index (χ1n) is 4.27. The fourth-order valence-electron chi connectivity index (χ4n) is 0.977. The lowest BCUT2D eigenvalue weighted by Gasteiger charge is -2.05. The molecule has 0 aliphatic rings. The van der Waals surface area contributed by atoms with Crippen molar-refractivity contribution in [2.75, 3.05) is 18.8 Å². The zero-order chi connectivity index (χ0) is 10.4. The molecule has 0 bridgehead atoms. The molecular weight excluding hydrogens is 204 g/mol. The summed E-state index contributed by atoms with van der Waals surface area (Å²) in [6, 6.07) is 0. The van der Waals surface area contributed by atoms with E-state index in [1.165, 1.54) is 0 Å². The summed E-state index contributed by atoms with van der Waals surface area (Å²) in [6.07, 6.45) is 5.06. The summed E-state index contributed by atoms with van der Waals surface area (Å²) >= 11 is 0. The summed E-state index contributed by atoms with van der Waals surface area (Å²) in [5, 5.41) is 0. The van der Waals surface area contributed by atoms with Crippen molar-refractivity contribution in [1.29, 1.82) is 0 Å². The number of nitrogens with zero attached hydrogens (tertiary/aromatic N) is 2. The van der Waals surface area contributed by atoms with Crippen molar-refractivity contribution >= 4 is 10.0 Å². The molecule has 80 valence electrons. The van der Waals surface area contributed by atoms with Gasteiger partial charge < -0.3 is 10.3 Å². The zero-order valence-corrected chi connectivity index (χ0v) is 8.57. The van der Waals surface area contributed by atoms with Gasteiger partial charge in [0.1, 0.15) is 0 Å². The monoisotopic (exact) mass is 218 g/mol. The molecule has 0 spiro atoms. The van der Waals surface area contributed by atoms with Crippen LogP contribution in [-0.4, -0.2) is 36.8 Å². The molecule has 6 nitrogen and oxygen atoms in total.